The number of ketones is 1. The number of nitrogens with two attached hydrogens (primary N) is 1. The summed E-state index contributed by atoms with van der Waals surface area (Å²) in [7, 11) is 0. The lowest BCUT2D eigenvalue weighted by atomic mass is 9.92. The highest BCUT2D eigenvalue weighted by molar-refractivity contribution is 7.12. The topological polar surface area (TPSA) is 66.6 Å². The fourth-order valence-corrected chi connectivity index (χ4v) is 5.12. The van der Waals surface area contributed by atoms with Gasteiger partial charge >= 0.3 is 0 Å². The molecule has 0 spiro atoms. The molecule has 3 fully saturated rings. The van der Waals surface area contributed by atoms with Gasteiger partial charge in [0, 0.05) is 31.1 Å². The summed E-state index contributed by atoms with van der Waals surface area (Å²) < 4.78 is 0. The van der Waals surface area contributed by atoms with Crippen molar-refractivity contribution in [3.8, 4) is 0 Å². The second kappa shape index (κ2) is 5.16. The van der Waals surface area contributed by atoms with Gasteiger partial charge in [-0.15, -0.1) is 11.3 Å². The lowest BCUT2D eigenvalue weighted by molar-refractivity contribution is 0.0430. The highest BCUT2D eigenvalue weighted by atomic mass is 32.1. The van der Waals surface area contributed by atoms with Gasteiger partial charge in [0.2, 0.25) is 5.78 Å². The van der Waals surface area contributed by atoms with Crippen molar-refractivity contribution in [1.29, 1.82) is 0 Å². The van der Waals surface area contributed by atoms with Crippen molar-refractivity contribution in [3.63, 3.8) is 0 Å². The Kier molecular flexibility index (Phi) is 3.41. The number of piperidine rings is 1. The van der Waals surface area contributed by atoms with Gasteiger partial charge in [0.25, 0.3) is 0 Å². The molecule has 4 rings (SSSR count). The molecule has 1 saturated heterocycles. The van der Waals surface area contributed by atoms with Crippen LogP contribution in [0.15, 0.2) is 17.5 Å². The van der Waals surface area contributed by atoms with E-state index in [1.54, 1.807) is 0 Å². The summed E-state index contributed by atoms with van der Waals surface area (Å²) in [6, 6.07) is 4.44. The van der Waals surface area contributed by atoms with Crippen molar-refractivity contribution >= 4 is 17.1 Å². The Hall–Kier alpha value is -0.750. The Bertz CT molecular complexity index is 520. The van der Waals surface area contributed by atoms with Gasteiger partial charge in [-0.05, 0) is 36.1 Å². The quantitative estimate of drug-likeness (QED) is 0.824. The number of carbonyl (C=O) groups excluding carboxylic acids is 1. The molecule has 5 unspecified atom stereocenters. The molecule has 1 aliphatic heterocycles. The molecule has 2 aliphatic carbocycles. The van der Waals surface area contributed by atoms with Crippen molar-refractivity contribution in [2.45, 2.75) is 37.5 Å². The maximum atomic E-state index is 12.4. The largest absolute Gasteiger partial charge is 0.385 e. The molecule has 0 aromatic carbocycles. The maximum Gasteiger partial charge on any atom is 0.201 e. The van der Waals surface area contributed by atoms with Crippen molar-refractivity contribution in [2.75, 3.05) is 13.1 Å². The van der Waals surface area contributed by atoms with E-state index in [4.69, 9.17) is 5.73 Å². The van der Waals surface area contributed by atoms with Crippen LogP contribution in [0.2, 0.25) is 0 Å². The molecule has 0 radical (unpaired) electrons. The Morgan fingerprint density at radius 1 is 1.38 bits per heavy atom. The van der Waals surface area contributed by atoms with E-state index in [9.17, 15) is 9.90 Å². The summed E-state index contributed by atoms with van der Waals surface area (Å²) in [6.45, 7) is 2.12. The van der Waals surface area contributed by atoms with Gasteiger partial charge in [0.15, 0.2) is 0 Å². The molecule has 1 aromatic rings. The van der Waals surface area contributed by atoms with Crippen LogP contribution >= 0.6 is 11.3 Å². The zero-order valence-corrected chi connectivity index (χ0v) is 12.8. The molecule has 2 heterocycles. The molecular weight excluding hydrogens is 284 g/mol. The summed E-state index contributed by atoms with van der Waals surface area (Å²) in [5, 5.41) is 12.4. The Balaban J connectivity index is 1.45. The van der Waals surface area contributed by atoms with Crippen LogP contribution in [0.3, 0.4) is 0 Å². The number of nitrogens with zero attached hydrogens (tertiary/aromatic N) is 1. The average molecular weight is 306 g/mol. The number of aliphatic hydroxyl groups is 1. The second-order valence-electron chi connectivity index (χ2n) is 6.81. The predicted octanol–water partition coefficient (Wildman–Crippen LogP) is 1.35. The number of likely N-dealkylation sites (tertiary alicyclic amines) is 1. The van der Waals surface area contributed by atoms with E-state index in [0.717, 1.165) is 32.4 Å². The van der Waals surface area contributed by atoms with Crippen LogP contribution in [-0.4, -0.2) is 47.1 Å². The number of Topliss-reactive ketones (excluding diaryl/α,β-unsaturated/α-hetero) is 1. The van der Waals surface area contributed by atoms with Gasteiger partial charge in [-0.3, -0.25) is 9.69 Å². The fourth-order valence-electron chi connectivity index (χ4n) is 4.43. The second-order valence-corrected chi connectivity index (χ2v) is 7.76. The van der Waals surface area contributed by atoms with E-state index in [-0.39, 0.29) is 11.7 Å². The van der Waals surface area contributed by atoms with Crippen LogP contribution < -0.4 is 5.73 Å². The van der Waals surface area contributed by atoms with Crippen LogP contribution in [0, 0.1) is 17.8 Å². The van der Waals surface area contributed by atoms with Crippen LogP contribution in [0.5, 0.6) is 0 Å². The van der Waals surface area contributed by atoms with Crippen LogP contribution in [0.25, 0.3) is 0 Å². The van der Waals surface area contributed by atoms with Crippen molar-refractivity contribution in [1.82, 2.24) is 4.90 Å². The molecule has 3 aliphatic rings. The zero-order valence-electron chi connectivity index (χ0n) is 12.0. The van der Waals surface area contributed by atoms with E-state index in [0.29, 0.717) is 28.8 Å². The first-order chi connectivity index (χ1) is 10.2. The zero-order chi connectivity index (χ0) is 14.6. The molecule has 0 amide bonds. The molecule has 5 heteroatoms. The number of rotatable bonds is 4. The normalized spacial score (nSPS) is 40.2. The van der Waals surface area contributed by atoms with Gasteiger partial charge in [-0.25, -0.2) is 0 Å². The monoisotopic (exact) mass is 306 g/mol. The minimum absolute atomic E-state index is 0.0910. The SMILES string of the molecule is NC1C2CN(C3CCCC3C(O)C(=O)c3cccs3)CC12. The highest BCUT2D eigenvalue weighted by Gasteiger charge is 2.56. The predicted molar refractivity (Wildman–Crippen MR) is 82.3 cm³/mol. The number of carbonyl (C=O) groups is 1. The van der Waals surface area contributed by atoms with Gasteiger partial charge in [-0.1, -0.05) is 12.5 Å². The smallest absolute Gasteiger partial charge is 0.201 e. The highest BCUT2D eigenvalue weighted by Crippen LogP contribution is 2.47. The molecule has 4 nitrogen and oxygen atoms in total. The molecule has 2 saturated carbocycles. The van der Waals surface area contributed by atoms with Crippen LogP contribution in [0.1, 0.15) is 28.9 Å². The summed E-state index contributed by atoms with van der Waals surface area (Å²) >= 11 is 1.42. The number of hydrogen-bond acceptors (Lipinski definition) is 5. The van der Waals surface area contributed by atoms with Crippen LogP contribution in [0.4, 0.5) is 0 Å². The molecule has 3 N–H and O–H groups in total. The molecule has 21 heavy (non-hydrogen) atoms. The van der Waals surface area contributed by atoms with Gasteiger partial charge < -0.3 is 10.8 Å². The van der Waals surface area contributed by atoms with Gasteiger partial charge in [-0.2, -0.15) is 0 Å². The van der Waals surface area contributed by atoms with E-state index in [2.05, 4.69) is 4.90 Å². The summed E-state index contributed by atoms with van der Waals surface area (Å²) in [4.78, 5) is 15.6. The fraction of sp³-hybridized carbons (Fsp3) is 0.688. The third kappa shape index (κ3) is 2.27. The van der Waals surface area contributed by atoms with Crippen molar-refractivity contribution < 1.29 is 9.90 Å². The maximum absolute atomic E-state index is 12.4. The molecule has 114 valence electrons. The standard InChI is InChI=1S/C16H22N2O2S/c17-14-10-7-18(8-11(10)14)12-4-1-3-9(12)15(19)16(20)13-5-2-6-21-13/h2,5-6,9-12,14-15,19H,1,3-4,7-8,17H2. The molecule has 1 aromatic heterocycles. The van der Waals surface area contributed by atoms with Crippen molar-refractivity contribution in [3.05, 3.63) is 22.4 Å². The molecular formula is C16H22N2O2S. The van der Waals surface area contributed by atoms with Crippen LogP contribution in [-0.2, 0) is 0 Å². The summed E-state index contributed by atoms with van der Waals surface area (Å²) in [6.07, 6.45) is 2.33. The number of aliphatic hydroxyl groups excluding tert-OH is 1. The third-order valence-corrected chi connectivity index (χ3v) is 6.61. The van der Waals surface area contributed by atoms with Gasteiger partial charge in [0.1, 0.15) is 6.10 Å². The first kappa shape index (κ1) is 13.9. The summed E-state index contributed by atoms with van der Waals surface area (Å²) in [5.74, 6) is 1.32. The van der Waals surface area contributed by atoms with Crippen molar-refractivity contribution in [2.24, 2.45) is 23.5 Å². The van der Waals surface area contributed by atoms with E-state index < -0.39 is 6.10 Å². The number of thiophene rings is 1. The lowest BCUT2D eigenvalue weighted by Crippen LogP contribution is -2.45. The minimum Gasteiger partial charge on any atom is -0.385 e. The van der Waals surface area contributed by atoms with E-state index >= 15 is 0 Å². The molecule has 5 atom stereocenters. The summed E-state index contributed by atoms with van der Waals surface area (Å²) in [5.41, 5.74) is 6.01. The first-order valence-corrected chi connectivity index (χ1v) is 8.80. The Morgan fingerprint density at radius 3 is 2.81 bits per heavy atom. The van der Waals surface area contributed by atoms with E-state index in [1.165, 1.54) is 11.3 Å². The first-order valence-electron chi connectivity index (χ1n) is 7.92. The number of fused-ring (bicyclic) bond motifs is 1. The Labute approximate surface area is 128 Å². The average Bonchev–Trinajstić information content (AvgIpc) is 3.08. The Morgan fingerprint density at radius 2 is 2.14 bits per heavy atom. The van der Waals surface area contributed by atoms with Gasteiger partial charge in [0.05, 0.1) is 4.88 Å². The van der Waals surface area contributed by atoms with E-state index in [1.807, 2.05) is 17.5 Å². The lowest BCUT2D eigenvalue weighted by Gasteiger charge is -2.33. The minimum atomic E-state index is -0.846. The third-order valence-electron chi connectivity index (χ3n) is 5.73. The molecule has 0 bridgehead atoms. The number of hydrogen-bond donors (Lipinski definition) is 2.